The van der Waals surface area contributed by atoms with Crippen LogP contribution in [0.1, 0.15) is 34.3 Å². The van der Waals surface area contributed by atoms with E-state index in [1.165, 1.54) is 0 Å². The molecule has 0 spiro atoms. The maximum atomic E-state index is 6.37. The van der Waals surface area contributed by atoms with E-state index >= 15 is 0 Å². The number of halogens is 1. The molecular weight excluding hydrogens is 262 g/mol. The highest BCUT2D eigenvalue weighted by atomic mass is 35.5. The van der Waals surface area contributed by atoms with Crippen LogP contribution in [0.15, 0.2) is 22.6 Å². The Kier molecular flexibility index (Phi) is 3.03. The lowest BCUT2D eigenvalue weighted by atomic mass is 9.97. The van der Waals surface area contributed by atoms with Gasteiger partial charge in [-0.15, -0.1) is 0 Å². The van der Waals surface area contributed by atoms with Crippen molar-refractivity contribution in [2.45, 2.75) is 26.3 Å². The Morgan fingerprint density at radius 1 is 1.21 bits per heavy atom. The predicted molar refractivity (Wildman–Crippen MR) is 74.9 cm³/mol. The minimum atomic E-state index is -0.275. The highest BCUT2D eigenvalue weighted by Gasteiger charge is 2.24. The Balaban J connectivity index is 2.09. The fraction of sp³-hybridized carbons (Fsp3) is 0.333. The van der Waals surface area contributed by atoms with Gasteiger partial charge in [-0.3, -0.25) is 0 Å². The molecule has 19 heavy (non-hydrogen) atoms. The molecule has 1 aromatic heterocycles. The summed E-state index contributed by atoms with van der Waals surface area (Å²) in [6.07, 6.45) is 0.888. The van der Waals surface area contributed by atoms with Crippen molar-refractivity contribution < 1.29 is 9.15 Å². The quantitative estimate of drug-likeness (QED) is 0.913. The van der Waals surface area contributed by atoms with Crippen LogP contribution in [0.25, 0.3) is 0 Å². The second-order valence-electron chi connectivity index (χ2n) is 4.93. The molecule has 0 aliphatic carbocycles. The van der Waals surface area contributed by atoms with E-state index in [-0.39, 0.29) is 6.04 Å². The molecule has 0 fully saturated rings. The normalized spacial score (nSPS) is 15.2. The highest BCUT2D eigenvalue weighted by Crippen LogP contribution is 2.38. The standard InChI is InChI=1S/C15H16ClNO2/c1-8-5-12(9(2)19-8)14(17)13-7-11(16)6-10-3-4-18-15(10)13/h5-7,14H,3-4,17H2,1-2H3. The molecular formula is C15H16ClNO2. The van der Waals surface area contributed by atoms with Crippen LogP contribution in [0, 0.1) is 13.8 Å². The number of nitrogens with two attached hydrogens (primary N) is 1. The molecule has 100 valence electrons. The van der Waals surface area contributed by atoms with Gasteiger partial charge in [0.2, 0.25) is 0 Å². The van der Waals surface area contributed by atoms with Gasteiger partial charge in [0.15, 0.2) is 0 Å². The van der Waals surface area contributed by atoms with Gasteiger partial charge >= 0.3 is 0 Å². The fourth-order valence-corrected chi connectivity index (χ4v) is 2.90. The summed E-state index contributed by atoms with van der Waals surface area (Å²) in [6.45, 7) is 4.54. The molecule has 0 bridgehead atoms. The minimum Gasteiger partial charge on any atom is -0.493 e. The summed E-state index contributed by atoms with van der Waals surface area (Å²) < 4.78 is 11.3. The first-order valence-corrected chi connectivity index (χ1v) is 6.71. The third-order valence-electron chi connectivity index (χ3n) is 3.53. The van der Waals surface area contributed by atoms with Crippen molar-refractivity contribution >= 4 is 11.6 Å². The van der Waals surface area contributed by atoms with Crippen LogP contribution < -0.4 is 10.5 Å². The number of aryl methyl sites for hydroxylation is 2. The topological polar surface area (TPSA) is 48.4 Å². The van der Waals surface area contributed by atoms with Crippen LogP contribution in [0.3, 0.4) is 0 Å². The Hall–Kier alpha value is -1.45. The number of benzene rings is 1. The number of hydrogen-bond donors (Lipinski definition) is 1. The van der Waals surface area contributed by atoms with Crippen molar-refractivity contribution in [1.29, 1.82) is 0 Å². The summed E-state index contributed by atoms with van der Waals surface area (Å²) in [5.41, 5.74) is 9.43. The molecule has 0 amide bonds. The number of rotatable bonds is 2. The maximum Gasteiger partial charge on any atom is 0.127 e. The molecule has 3 rings (SSSR count). The van der Waals surface area contributed by atoms with E-state index in [2.05, 4.69) is 0 Å². The number of hydrogen-bond acceptors (Lipinski definition) is 3. The second-order valence-corrected chi connectivity index (χ2v) is 5.36. The molecule has 0 saturated carbocycles. The van der Waals surface area contributed by atoms with Crippen molar-refractivity contribution in [2.75, 3.05) is 6.61 Å². The second kappa shape index (κ2) is 4.58. The van der Waals surface area contributed by atoms with E-state index in [1.54, 1.807) is 0 Å². The molecule has 1 aliphatic rings. The third-order valence-corrected chi connectivity index (χ3v) is 3.74. The van der Waals surface area contributed by atoms with Gasteiger partial charge in [-0.1, -0.05) is 11.6 Å². The summed E-state index contributed by atoms with van der Waals surface area (Å²) in [6, 6.07) is 5.54. The van der Waals surface area contributed by atoms with E-state index in [1.807, 2.05) is 32.0 Å². The molecule has 4 heteroatoms. The number of furan rings is 1. The largest absolute Gasteiger partial charge is 0.493 e. The predicted octanol–water partition coefficient (Wildman–Crippen LogP) is 3.53. The van der Waals surface area contributed by atoms with Crippen molar-refractivity contribution in [3.63, 3.8) is 0 Å². The summed E-state index contributed by atoms with van der Waals surface area (Å²) in [5, 5.41) is 0.701. The van der Waals surface area contributed by atoms with Crippen molar-refractivity contribution in [3.8, 4) is 5.75 Å². The van der Waals surface area contributed by atoms with Gasteiger partial charge in [0.25, 0.3) is 0 Å². The Bertz CT molecular complexity index is 633. The smallest absolute Gasteiger partial charge is 0.127 e. The average molecular weight is 278 g/mol. The molecule has 2 N–H and O–H groups in total. The number of ether oxygens (including phenoxy) is 1. The molecule has 1 unspecified atom stereocenters. The van der Waals surface area contributed by atoms with E-state index < -0.39 is 0 Å². The molecule has 0 radical (unpaired) electrons. The molecule has 0 saturated heterocycles. The van der Waals surface area contributed by atoms with Crippen LogP contribution in [-0.2, 0) is 6.42 Å². The zero-order valence-electron chi connectivity index (χ0n) is 11.0. The van der Waals surface area contributed by atoms with E-state index in [9.17, 15) is 0 Å². The van der Waals surface area contributed by atoms with Crippen molar-refractivity contribution in [3.05, 3.63) is 51.4 Å². The first-order chi connectivity index (χ1) is 9.06. The summed E-state index contributed by atoms with van der Waals surface area (Å²) in [5.74, 6) is 2.59. The summed E-state index contributed by atoms with van der Waals surface area (Å²) in [4.78, 5) is 0. The molecule has 3 nitrogen and oxygen atoms in total. The Labute approximate surface area is 117 Å². The number of fused-ring (bicyclic) bond motifs is 1. The van der Waals surface area contributed by atoms with E-state index in [0.29, 0.717) is 11.6 Å². The Morgan fingerprint density at radius 3 is 2.68 bits per heavy atom. The van der Waals surface area contributed by atoms with E-state index in [0.717, 1.165) is 40.4 Å². The van der Waals surface area contributed by atoms with Gasteiger partial charge in [-0.2, -0.15) is 0 Å². The van der Waals surface area contributed by atoms with Gasteiger partial charge in [-0.05, 0) is 37.6 Å². The zero-order chi connectivity index (χ0) is 13.6. The molecule has 1 aliphatic heterocycles. The third kappa shape index (κ3) is 2.13. The fourth-order valence-electron chi connectivity index (χ4n) is 2.66. The molecule has 1 aromatic carbocycles. The summed E-state index contributed by atoms with van der Waals surface area (Å²) in [7, 11) is 0. The highest BCUT2D eigenvalue weighted by molar-refractivity contribution is 6.30. The van der Waals surface area contributed by atoms with Crippen LogP contribution in [0.2, 0.25) is 5.02 Å². The molecule has 2 heterocycles. The average Bonchev–Trinajstić information content (AvgIpc) is 2.93. The first kappa shape index (κ1) is 12.6. The lowest BCUT2D eigenvalue weighted by molar-refractivity contribution is 0.352. The van der Waals surface area contributed by atoms with Crippen molar-refractivity contribution in [1.82, 2.24) is 0 Å². The van der Waals surface area contributed by atoms with Gasteiger partial charge in [0.1, 0.15) is 17.3 Å². The SMILES string of the molecule is Cc1cc(C(N)c2cc(Cl)cc3c2OCC3)c(C)o1. The van der Waals surface area contributed by atoms with Gasteiger partial charge in [0.05, 0.1) is 12.6 Å². The first-order valence-electron chi connectivity index (χ1n) is 6.34. The zero-order valence-corrected chi connectivity index (χ0v) is 11.8. The van der Waals surface area contributed by atoms with Crippen LogP contribution in [0.5, 0.6) is 5.75 Å². The van der Waals surface area contributed by atoms with Crippen LogP contribution >= 0.6 is 11.6 Å². The monoisotopic (exact) mass is 277 g/mol. The molecule has 1 atom stereocenters. The molecule has 2 aromatic rings. The van der Waals surface area contributed by atoms with Gasteiger partial charge in [0, 0.05) is 22.6 Å². The minimum absolute atomic E-state index is 0.275. The van der Waals surface area contributed by atoms with Crippen LogP contribution in [0.4, 0.5) is 0 Å². The van der Waals surface area contributed by atoms with Crippen molar-refractivity contribution in [2.24, 2.45) is 5.73 Å². The summed E-state index contributed by atoms with van der Waals surface area (Å²) >= 11 is 6.17. The lowest BCUT2D eigenvalue weighted by Gasteiger charge is -2.15. The lowest BCUT2D eigenvalue weighted by Crippen LogP contribution is -2.13. The Morgan fingerprint density at radius 2 is 2.00 bits per heavy atom. The van der Waals surface area contributed by atoms with Gasteiger partial charge < -0.3 is 14.9 Å². The van der Waals surface area contributed by atoms with Gasteiger partial charge in [-0.25, -0.2) is 0 Å². The van der Waals surface area contributed by atoms with Crippen LogP contribution in [-0.4, -0.2) is 6.61 Å². The maximum absolute atomic E-state index is 6.37. The van der Waals surface area contributed by atoms with E-state index in [4.69, 9.17) is 26.5 Å².